The Morgan fingerprint density at radius 2 is 1.73 bits per heavy atom. The third-order valence-electron chi connectivity index (χ3n) is 3.21. The van der Waals surface area contributed by atoms with Gasteiger partial charge in [-0.1, -0.05) is 22.9 Å². The van der Waals surface area contributed by atoms with E-state index in [9.17, 15) is 0 Å². The molecule has 114 valence electrons. The van der Waals surface area contributed by atoms with Crippen molar-refractivity contribution in [3.63, 3.8) is 0 Å². The molecule has 7 heteroatoms. The summed E-state index contributed by atoms with van der Waals surface area (Å²) < 4.78 is 15.8. The highest BCUT2D eigenvalue weighted by molar-refractivity contribution is 7.11. The number of nitrogens with zero attached hydrogens (tertiary/aromatic N) is 2. The minimum absolute atomic E-state index is 0.447. The predicted molar refractivity (Wildman–Crippen MR) is 87.5 cm³/mol. The largest absolute Gasteiger partial charge is 0.496 e. The molecule has 0 N–H and O–H groups in total. The van der Waals surface area contributed by atoms with Gasteiger partial charge in [-0.15, -0.1) is 0 Å². The minimum Gasteiger partial charge on any atom is -0.496 e. The highest BCUT2D eigenvalue weighted by Crippen LogP contribution is 2.38. The monoisotopic (exact) mass is 336 g/mol. The first-order chi connectivity index (χ1) is 10.7. The first-order valence-electron chi connectivity index (χ1n) is 6.39. The van der Waals surface area contributed by atoms with Gasteiger partial charge in [0.1, 0.15) is 22.2 Å². The SMILES string of the molecule is COc1nc(-c2cc(OC)c3ccc(OC)c(Cl)c3n2)cs1. The van der Waals surface area contributed by atoms with E-state index in [-0.39, 0.29) is 0 Å². The minimum atomic E-state index is 0.447. The molecule has 3 aromatic rings. The van der Waals surface area contributed by atoms with Crippen LogP contribution in [-0.2, 0) is 0 Å². The molecule has 0 bridgehead atoms. The summed E-state index contributed by atoms with van der Waals surface area (Å²) in [7, 11) is 4.76. The second-order valence-corrected chi connectivity index (χ2v) is 5.59. The van der Waals surface area contributed by atoms with Gasteiger partial charge in [0.05, 0.1) is 32.5 Å². The fourth-order valence-corrected chi connectivity index (χ4v) is 3.05. The van der Waals surface area contributed by atoms with Crippen LogP contribution in [0, 0.1) is 0 Å². The van der Waals surface area contributed by atoms with Crippen LogP contribution < -0.4 is 14.2 Å². The van der Waals surface area contributed by atoms with E-state index in [1.54, 1.807) is 27.4 Å². The number of rotatable bonds is 4. The third-order valence-corrected chi connectivity index (χ3v) is 4.37. The van der Waals surface area contributed by atoms with Gasteiger partial charge in [-0.25, -0.2) is 9.97 Å². The number of hydrogen-bond acceptors (Lipinski definition) is 6. The maximum atomic E-state index is 6.38. The lowest BCUT2D eigenvalue weighted by molar-refractivity contribution is 0.412. The number of ether oxygens (including phenoxy) is 3. The highest BCUT2D eigenvalue weighted by Gasteiger charge is 2.15. The molecule has 0 aliphatic carbocycles. The molecule has 0 saturated heterocycles. The molecule has 0 amide bonds. The molecule has 0 atom stereocenters. The van der Waals surface area contributed by atoms with Gasteiger partial charge in [-0.3, -0.25) is 0 Å². The summed E-state index contributed by atoms with van der Waals surface area (Å²) in [5.41, 5.74) is 1.99. The number of benzene rings is 1. The van der Waals surface area contributed by atoms with Crippen LogP contribution in [-0.4, -0.2) is 31.3 Å². The molecule has 0 aliphatic heterocycles. The maximum Gasteiger partial charge on any atom is 0.273 e. The lowest BCUT2D eigenvalue weighted by atomic mass is 10.1. The van der Waals surface area contributed by atoms with Crippen LogP contribution in [0.15, 0.2) is 23.6 Å². The van der Waals surface area contributed by atoms with Crippen LogP contribution in [0.3, 0.4) is 0 Å². The Bertz CT molecular complexity index is 835. The van der Waals surface area contributed by atoms with E-state index < -0.39 is 0 Å². The van der Waals surface area contributed by atoms with E-state index >= 15 is 0 Å². The lowest BCUT2D eigenvalue weighted by Crippen LogP contribution is -1.94. The molecule has 3 rings (SSSR count). The molecule has 2 aromatic heterocycles. The van der Waals surface area contributed by atoms with Crippen LogP contribution in [0.4, 0.5) is 0 Å². The molecule has 5 nitrogen and oxygen atoms in total. The van der Waals surface area contributed by atoms with E-state index in [1.165, 1.54) is 11.3 Å². The van der Waals surface area contributed by atoms with Gasteiger partial charge >= 0.3 is 0 Å². The Morgan fingerprint density at radius 1 is 0.955 bits per heavy atom. The number of thiazole rings is 1. The Hall–Kier alpha value is -2.05. The molecule has 0 aliphatic rings. The Balaban J connectivity index is 2.25. The van der Waals surface area contributed by atoms with Gasteiger partial charge in [0.25, 0.3) is 5.19 Å². The molecule has 0 fully saturated rings. The molecule has 22 heavy (non-hydrogen) atoms. The van der Waals surface area contributed by atoms with Crippen molar-refractivity contribution >= 4 is 33.8 Å². The van der Waals surface area contributed by atoms with Crippen LogP contribution in [0.1, 0.15) is 0 Å². The smallest absolute Gasteiger partial charge is 0.273 e. The fraction of sp³-hybridized carbons (Fsp3) is 0.200. The lowest BCUT2D eigenvalue weighted by Gasteiger charge is -2.10. The van der Waals surface area contributed by atoms with E-state index in [0.29, 0.717) is 38.6 Å². The quantitative estimate of drug-likeness (QED) is 0.719. The van der Waals surface area contributed by atoms with Gasteiger partial charge < -0.3 is 14.2 Å². The van der Waals surface area contributed by atoms with Crippen molar-refractivity contribution in [2.75, 3.05) is 21.3 Å². The Kier molecular flexibility index (Phi) is 4.04. The first-order valence-corrected chi connectivity index (χ1v) is 7.64. The zero-order chi connectivity index (χ0) is 15.7. The summed E-state index contributed by atoms with van der Waals surface area (Å²) in [5.74, 6) is 1.24. The number of aromatic nitrogens is 2. The zero-order valence-corrected chi connectivity index (χ0v) is 13.8. The summed E-state index contributed by atoms with van der Waals surface area (Å²) in [4.78, 5) is 8.96. The Labute approximate surface area is 136 Å². The number of methoxy groups -OCH3 is 3. The second-order valence-electron chi connectivity index (χ2n) is 4.39. The zero-order valence-electron chi connectivity index (χ0n) is 12.2. The second kappa shape index (κ2) is 5.98. The van der Waals surface area contributed by atoms with Crippen LogP contribution in [0.25, 0.3) is 22.3 Å². The van der Waals surface area contributed by atoms with Crippen LogP contribution in [0.2, 0.25) is 5.02 Å². The van der Waals surface area contributed by atoms with Crippen molar-refractivity contribution in [1.82, 2.24) is 9.97 Å². The standard InChI is InChI=1S/C15H13ClN2O3S/c1-19-11-5-4-8-12(20-2)6-9(17-14(8)13(11)16)10-7-22-15(18-10)21-3/h4-7H,1-3H3. The summed E-state index contributed by atoms with van der Waals surface area (Å²) in [6.07, 6.45) is 0. The van der Waals surface area contributed by atoms with Crippen molar-refractivity contribution in [2.24, 2.45) is 0 Å². The van der Waals surface area contributed by atoms with E-state index in [0.717, 1.165) is 5.39 Å². The van der Waals surface area contributed by atoms with Crippen molar-refractivity contribution < 1.29 is 14.2 Å². The highest BCUT2D eigenvalue weighted by atomic mass is 35.5. The fourth-order valence-electron chi connectivity index (χ4n) is 2.14. The summed E-state index contributed by atoms with van der Waals surface area (Å²) in [6.45, 7) is 0. The van der Waals surface area contributed by atoms with Gasteiger partial charge in [0, 0.05) is 16.8 Å². The van der Waals surface area contributed by atoms with E-state index in [4.69, 9.17) is 25.8 Å². The van der Waals surface area contributed by atoms with Crippen molar-refractivity contribution in [1.29, 1.82) is 0 Å². The molecular weight excluding hydrogens is 324 g/mol. The number of halogens is 1. The molecule has 1 aromatic carbocycles. The average molecular weight is 337 g/mol. The predicted octanol–water partition coefficient (Wildman–Crippen LogP) is 4.04. The summed E-state index contributed by atoms with van der Waals surface area (Å²) in [6, 6.07) is 5.50. The number of fused-ring (bicyclic) bond motifs is 1. The number of hydrogen-bond donors (Lipinski definition) is 0. The molecule has 0 saturated carbocycles. The van der Waals surface area contributed by atoms with E-state index in [1.807, 2.05) is 17.5 Å². The molecule has 0 radical (unpaired) electrons. The van der Waals surface area contributed by atoms with Crippen molar-refractivity contribution in [2.45, 2.75) is 0 Å². The van der Waals surface area contributed by atoms with Gasteiger partial charge in [-0.05, 0) is 12.1 Å². The van der Waals surface area contributed by atoms with Crippen LogP contribution >= 0.6 is 22.9 Å². The maximum absolute atomic E-state index is 6.38. The van der Waals surface area contributed by atoms with E-state index in [2.05, 4.69) is 9.97 Å². The number of pyridine rings is 1. The van der Waals surface area contributed by atoms with Gasteiger partial charge in [0.15, 0.2) is 0 Å². The normalized spacial score (nSPS) is 10.7. The molecule has 0 spiro atoms. The Morgan fingerprint density at radius 3 is 2.36 bits per heavy atom. The topological polar surface area (TPSA) is 53.5 Å². The third kappa shape index (κ3) is 2.44. The molecule has 2 heterocycles. The van der Waals surface area contributed by atoms with Crippen molar-refractivity contribution in [3.8, 4) is 28.1 Å². The van der Waals surface area contributed by atoms with Crippen molar-refractivity contribution in [3.05, 3.63) is 28.6 Å². The van der Waals surface area contributed by atoms with Gasteiger partial charge in [0.2, 0.25) is 0 Å². The molecular formula is C15H13ClN2O3S. The average Bonchev–Trinajstić information content (AvgIpc) is 3.03. The van der Waals surface area contributed by atoms with Crippen LogP contribution in [0.5, 0.6) is 16.7 Å². The summed E-state index contributed by atoms with van der Waals surface area (Å²) >= 11 is 7.78. The summed E-state index contributed by atoms with van der Waals surface area (Å²) in [5, 5.41) is 3.72. The first kappa shape index (κ1) is 14.9. The van der Waals surface area contributed by atoms with Gasteiger partial charge in [-0.2, -0.15) is 0 Å². The molecule has 0 unspecified atom stereocenters.